The van der Waals surface area contributed by atoms with Crippen molar-refractivity contribution in [3.63, 3.8) is 0 Å². The van der Waals surface area contributed by atoms with E-state index in [-0.39, 0.29) is 17.9 Å². The van der Waals surface area contributed by atoms with Crippen LogP contribution in [0.2, 0.25) is 0 Å². The van der Waals surface area contributed by atoms with Crippen LogP contribution in [-0.4, -0.2) is 49.9 Å². The van der Waals surface area contributed by atoms with E-state index in [1.165, 1.54) is 11.3 Å². The van der Waals surface area contributed by atoms with Crippen molar-refractivity contribution in [1.29, 1.82) is 0 Å². The number of amides is 1. The molecule has 0 N–H and O–H groups in total. The van der Waals surface area contributed by atoms with Crippen LogP contribution < -0.4 is 4.74 Å². The maximum atomic E-state index is 12.3. The Morgan fingerprint density at radius 2 is 1.73 bits per heavy atom. The van der Waals surface area contributed by atoms with Crippen LogP contribution in [0.5, 0.6) is 5.75 Å². The first kappa shape index (κ1) is 22.0. The molecular formula is C30H27N5O2. The van der Waals surface area contributed by atoms with Crippen molar-refractivity contribution >= 4 is 22.6 Å². The van der Waals surface area contributed by atoms with Gasteiger partial charge in [0.05, 0.1) is 17.4 Å². The van der Waals surface area contributed by atoms with Crippen molar-refractivity contribution in [2.75, 3.05) is 19.7 Å². The Bertz CT molecular complexity index is 1610. The van der Waals surface area contributed by atoms with Crippen LogP contribution in [0.15, 0.2) is 79.4 Å². The van der Waals surface area contributed by atoms with E-state index >= 15 is 0 Å². The molecule has 1 amide bonds. The number of carbonyl (C=O) groups excluding carboxylic acids is 1. The average Bonchev–Trinajstić information content (AvgIpc) is 3.35. The van der Waals surface area contributed by atoms with Crippen molar-refractivity contribution in [3.8, 4) is 16.9 Å². The van der Waals surface area contributed by atoms with Gasteiger partial charge in [0.2, 0.25) is 5.78 Å². The lowest BCUT2D eigenvalue weighted by Gasteiger charge is -2.17. The van der Waals surface area contributed by atoms with E-state index in [4.69, 9.17) is 4.74 Å². The van der Waals surface area contributed by atoms with E-state index < -0.39 is 0 Å². The molecule has 5 aromatic rings. The molecule has 2 aromatic carbocycles. The Balaban J connectivity index is 1.15. The second-order valence-corrected chi connectivity index (χ2v) is 10.1. The van der Waals surface area contributed by atoms with Crippen LogP contribution in [-0.2, 0) is 10.2 Å². The molecule has 0 radical (unpaired) electrons. The van der Waals surface area contributed by atoms with Crippen LogP contribution in [0.1, 0.15) is 36.9 Å². The zero-order valence-corrected chi connectivity index (χ0v) is 20.5. The van der Waals surface area contributed by atoms with Gasteiger partial charge in [-0.3, -0.25) is 14.2 Å². The van der Waals surface area contributed by atoms with E-state index in [0.29, 0.717) is 11.5 Å². The third-order valence-corrected chi connectivity index (χ3v) is 7.77. The predicted molar refractivity (Wildman–Crippen MR) is 141 cm³/mol. The summed E-state index contributed by atoms with van der Waals surface area (Å²) in [6, 6.07) is 18.5. The van der Waals surface area contributed by atoms with Gasteiger partial charge in [0, 0.05) is 48.0 Å². The normalized spacial score (nSPS) is 16.4. The minimum absolute atomic E-state index is 0.0523. The molecule has 1 saturated heterocycles. The largest absolute Gasteiger partial charge is 0.484 e. The number of fused-ring (bicyclic) bond motifs is 2. The summed E-state index contributed by atoms with van der Waals surface area (Å²) >= 11 is 0. The quantitative estimate of drug-likeness (QED) is 0.335. The van der Waals surface area contributed by atoms with Crippen molar-refractivity contribution in [3.05, 3.63) is 90.6 Å². The van der Waals surface area contributed by atoms with Crippen molar-refractivity contribution in [2.24, 2.45) is 0 Å². The number of likely N-dealkylation sites (tertiary alicyclic amines) is 1. The first-order valence-electron chi connectivity index (χ1n) is 12.9. The summed E-state index contributed by atoms with van der Waals surface area (Å²) in [6.07, 6.45) is 12.1. The summed E-state index contributed by atoms with van der Waals surface area (Å²) in [5.41, 5.74) is 5.46. The number of nitrogens with zero attached hydrogens (tertiary/aromatic N) is 5. The Morgan fingerprint density at radius 3 is 2.54 bits per heavy atom. The molecule has 7 rings (SSSR count). The summed E-state index contributed by atoms with van der Waals surface area (Å²) in [5.74, 6) is 1.45. The Hall–Kier alpha value is -4.26. The zero-order chi connectivity index (χ0) is 24.8. The third-order valence-electron chi connectivity index (χ3n) is 7.77. The summed E-state index contributed by atoms with van der Waals surface area (Å²) in [5, 5.41) is 1.16. The topological polar surface area (TPSA) is 72.6 Å². The second-order valence-electron chi connectivity index (χ2n) is 10.1. The molecule has 7 nitrogen and oxygen atoms in total. The first-order chi connectivity index (χ1) is 18.2. The minimum atomic E-state index is -0.0523. The van der Waals surface area contributed by atoms with Gasteiger partial charge >= 0.3 is 0 Å². The lowest BCUT2D eigenvalue weighted by Crippen LogP contribution is -2.32. The monoisotopic (exact) mass is 489 g/mol. The van der Waals surface area contributed by atoms with E-state index in [1.807, 2.05) is 53.8 Å². The van der Waals surface area contributed by atoms with Gasteiger partial charge in [0.1, 0.15) is 5.75 Å². The molecule has 1 aliphatic carbocycles. The van der Waals surface area contributed by atoms with Gasteiger partial charge in [0.15, 0.2) is 6.61 Å². The number of benzene rings is 2. The van der Waals surface area contributed by atoms with Gasteiger partial charge in [-0.15, -0.1) is 0 Å². The summed E-state index contributed by atoms with van der Waals surface area (Å²) in [7, 11) is 0. The van der Waals surface area contributed by atoms with Crippen LogP contribution in [0, 0.1) is 0 Å². The number of hydrogen-bond donors (Lipinski definition) is 0. The predicted octanol–water partition coefficient (Wildman–Crippen LogP) is 5.03. The summed E-state index contributed by atoms with van der Waals surface area (Å²) in [6.45, 7) is 1.76. The molecule has 184 valence electrons. The fourth-order valence-corrected chi connectivity index (χ4v) is 5.51. The lowest BCUT2D eigenvalue weighted by atomic mass is 9.91. The maximum Gasteiger partial charge on any atom is 0.260 e. The Labute approximate surface area is 214 Å². The van der Waals surface area contributed by atoms with Crippen molar-refractivity contribution in [1.82, 2.24) is 24.3 Å². The standard InChI is InChI=1S/C30H27N5O2/c36-28(34-14-1-2-15-34)20-37-25-8-5-21(6-9-25)23-17-32-29-33-18-27(35(29)19-23)30(11-12-30)24-7-10-26-22(16-24)4-3-13-31-26/h3-10,13,16-19H,1-2,11-12,14-15,20H2. The zero-order valence-electron chi connectivity index (χ0n) is 20.5. The van der Waals surface area contributed by atoms with Crippen LogP contribution in [0.25, 0.3) is 27.8 Å². The van der Waals surface area contributed by atoms with E-state index in [9.17, 15) is 4.79 Å². The highest BCUT2D eigenvalue weighted by atomic mass is 16.5. The van der Waals surface area contributed by atoms with Gasteiger partial charge in [0.25, 0.3) is 5.91 Å². The molecule has 2 aliphatic rings. The van der Waals surface area contributed by atoms with Crippen LogP contribution >= 0.6 is 0 Å². The van der Waals surface area contributed by atoms with Crippen molar-refractivity contribution in [2.45, 2.75) is 31.1 Å². The number of aromatic nitrogens is 4. The number of imidazole rings is 1. The molecule has 1 saturated carbocycles. The molecule has 7 heteroatoms. The number of ether oxygens (including phenoxy) is 1. The summed E-state index contributed by atoms with van der Waals surface area (Å²) < 4.78 is 7.89. The Kier molecular flexibility index (Phi) is 5.16. The Morgan fingerprint density at radius 1 is 0.919 bits per heavy atom. The van der Waals surface area contributed by atoms with Crippen molar-refractivity contribution < 1.29 is 9.53 Å². The lowest BCUT2D eigenvalue weighted by molar-refractivity contribution is -0.132. The molecule has 0 unspecified atom stereocenters. The van der Waals surface area contributed by atoms with Crippen LogP contribution in [0.3, 0.4) is 0 Å². The molecule has 0 spiro atoms. The van der Waals surface area contributed by atoms with E-state index in [2.05, 4.69) is 49.8 Å². The number of hydrogen-bond acceptors (Lipinski definition) is 5. The van der Waals surface area contributed by atoms with E-state index in [1.54, 1.807) is 0 Å². The van der Waals surface area contributed by atoms with Crippen LogP contribution in [0.4, 0.5) is 0 Å². The molecule has 37 heavy (non-hydrogen) atoms. The second kappa shape index (κ2) is 8.69. The van der Waals surface area contributed by atoms with Gasteiger partial charge in [-0.2, -0.15) is 0 Å². The maximum absolute atomic E-state index is 12.3. The van der Waals surface area contributed by atoms with Gasteiger partial charge in [-0.05, 0) is 67.1 Å². The summed E-state index contributed by atoms with van der Waals surface area (Å²) in [4.78, 5) is 27.9. The number of pyridine rings is 1. The first-order valence-corrected chi connectivity index (χ1v) is 12.9. The minimum Gasteiger partial charge on any atom is -0.484 e. The highest BCUT2D eigenvalue weighted by Gasteiger charge is 2.48. The fourth-order valence-electron chi connectivity index (χ4n) is 5.51. The smallest absolute Gasteiger partial charge is 0.260 e. The van der Waals surface area contributed by atoms with Gasteiger partial charge in [-0.1, -0.05) is 24.3 Å². The SMILES string of the molecule is O=C(COc1ccc(-c2cnc3ncc(C4(c5ccc6ncccc6c5)CC4)n3c2)cc1)N1CCCC1. The van der Waals surface area contributed by atoms with E-state index in [0.717, 1.165) is 60.8 Å². The fraction of sp³-hybridized carbons (Fsp3) is 0.267. The average molecular weight is 490 g/mol. The highest BCUT2D eigenvalue weighted by molar-refractivity contribution is 5.80. The molecule has 3 aromatic heterocycles. The number of rotatable bonds is 6. The highest BCUT2D eigenvalue weighted by Crippen LogP contribution is 2.53. The molecular weight excluding hydrogens is 462 g/mol. The molecule has 0 bridgehead atoms. The molecule has 1 aliphatic heterocycles. The third kappa shape index (κ3) is 3.91. The van der Waals surface area contributed by atoms with Gasteiger partial charge < -0.3 is 9.64 Å². The molecule has 0 atom stereocenters. The molecule has 4 heterocycles. The van der Waals surface area contributed by atoms with Gasteiger partial charge in [-0.25, -0.2) is 9.97 Å². The number of carbonyl (C=O) groups is 1. The molecule has 2 fully saturated rings.